The van der Waals surface area contributed by atoms with Crippen molar-refractivity contribution in [3.8, 4) is 0 Å². The van der Waals surface area contributed by atoms with Gasteiger partial charge in [-0.25, -0.2) is 9.67 Å². The number of anilines is 4. The van der Waals surface area contributed by atoms with Crippen LogP contribution < -0.4 is 16.0 Å². The predicted molar refractivity (Wildman–Crippen MR) is 121 cm³/mol. The Labute approximate surface area is 175 Å². The number of nitrogens with zero attached hydrogens (tertiary/aromatic N) is 4. The molecule has 1 aliphatic heterocycles. The summed E-state index contributed by atoms with van der Waals surface area (Å²) < 4.78 is 1.79. The van der Waals surface area contributed by atoms with Crippen molar-refractivity contribution < 1.29 is 0 Å². The lowest BCUT2D eigenvalue weighted by atomic mass is 10.0. The number of benzene rings is 2. The molecule has 2 aromatic carbocycles. The van der Waals surface area contributed by atoms with E-state index in [0.29, 0.717) is 5.95 Å². The summed E-state index contributed by atoms with van der Waals surface area (Å²) in [5.74, 6) is 1.32. The maximum absolute atomic E-state index is 4.71. The summed E-state index contributed by atoms with van der Waals surface area (Å²) in [5, 5.41) is 15.8. The second-order valence-corrected chi connectivity index (χ2v) is 7.83. The van der Waals surface area contributed by atoms with Crippen LogP contribution >= 0.6 is 0 Å². The van der Waals surface area contributed by atoms with Gasteiger partial charge in [-0.05, 0) is 61.2 Å². The van der Waals surface area contributed by atoms with Gasteiger partial charge in [0.1, 0.15) is 0 Å². The Bertz CT molecular complexity index is 1220. The first-order chi connectivity index (χ1) is 14.6. The summed E-state index contributed by atoms with van der Waals surface area (Å²) >= 11 is 0. The van der Waals surface area contributed by atoms with Crippen LogP contribution in [-0.4, -0.2) is 26.3 Å². The number of aromatic nitrogens is 4. The molecule has 0 radical (unpaired) electrons. The van der Waals surface area contributed by atoms with Gasteiger partial charge < -0.3 is 16.0 Å². The Morgan fingerprint density at radius 1 is 1.03 bits per heavy atom. The number of para-hydroxylation sites is 1. The third-order valence-electron chi connectivity index (χ3n) is 5.65. The van der Waals surface area contributed by atoms with Crippen molar-refractivity contribution >= 4 is 34.2 Å². The van der Waals surface area contributed by atoms with Crippen LogP contribution in [0.3, 0.4) is 0 Å². The molecule has 0 saturated heterocycles. The molecule has 0 saturated carbocycles. The quantitative estimate of drug-likeness (QED) is 0.479. The van der Waals surface area contributed by atoms with E-state index >= 15 is 0 Å². The van der Waals surface area contributed by atoms with Crippen molar-refractivity contribution in [1.29, 1.82) is 0 Å². The maximum Gasteiger partial charge on any atom is 0.229 e. The van der Waals surface area contributed by atoms with Crippen molar-refractivity contribution in [2.24, 2.45) is 7.05 Å². The van der Waals surface area contributed by atoms with Crippen molar-refractivity contribution in [3.05, 3.63) is 64.8 Å². The number of aryl methyl sites for hydroxylation is 3. The lowest BCUT2D eigenvalue weighted by Crippen LogP contribution is -2.23. The van der Waals surface area contributed by atoms with Crippen LogP contribution in [0.2, 0.25) is 0 Å². The molecule has 3 heterocycles. The topological polar surface area (TPSA) is 79.7 Å². The second-order valence-electron chi connectivity index (χ2n) is 7.83. The molecule has 0 aliphatic carbocycles. The molecule has 7 heteroatoms. The second kappa shape index (κ2) is 7.42. The van der Waals surface area contributed by atoms with E-state index in [2.05, 4.69) is 76.3 Å². The number of nitrogens with one attached hydrogen (secondary N) is 3. The Hall–Kier alpha value is -3.45. The fraction of sp³-hybridized carbons (Fsp3) is 0.261. The number of hydrogen-bond acceptors (Lipinski definition) is 6. The van der Waals surface area contributed by atoms with Gasteiger partial charge in [0.15, 0.2) is 11.5 Å². The first-order valence-corrected chi connectivity index (χ1v) is 10.2. The smallest absolute Gasteiger partial charge is 0.229 e. The fourth-order valence-corrected chi connectivity index (χ4v) is 4.01. The number of hydrogen-bond donors (Lipinski definition) is 3. The summed E-state index contributed by atoms with van der Waals surface area (Å²) in [4.78, 5) is 9.26. The van der Waals surface area contributed by atoms with Crippen LogP contribution in [0.4, 0.5) is 23.1 Å². The van der Waals surface area contributed by atoms with Crippen molar-refractivity contribution in [2.75, 3.05) is 17.2 Å². The number of fused-ring (bicyclic) bond motifs is 2. The average Bonchev–Trinajstić information content (AvgIpc) is 3.06. The summed E-state index contributed by atoms with van der Waals surface area (Å²) in [6, 6.07) is 12.7. The van der Waals surface area contributed by atoms with E-state index in [1.54, 1.807) is 4.68 Å². The Morgan fingerprint density at radius 2 is 1.87 bits per heavy atom. The van der Waals surface area contributed by atoms with Gasteiger partial charge in [0.05, 0.1) is 5.39 Å². The lowest BCUT2D eigenvalue weighted by Gasteiger charge is -2.18. The highest BCUT2D eigenvalue weighted by Gasteiger charge is 2.14. The molecule has 30 heavy (non-hydrogen) atoms. The maximum atomic E-state index is 4.71. The van der Waals surface area contributed by atoms with Gasteiger partial charge in [-0.3, -0.25) is 0 Å². The van der Waals surface area contributed by atoms with Crippen molar-refractivity contribution in [2.45, 2.75) is 26.8 Å². The Kier molecular flexibility index (Phi) is 4.59. The minimum atomic E-state index is 0.563. The van der Waals surface area contributed by atoms with Crippen LogP contribution in [0, 0.1) is 13.8 Å². The first kappa shape index (κ1) is 18.6. The molecule has 0 fully saturated rings. The highest BCUT2D eigenvalue weighted by atomic mass is 15.3. The fourth-order valence-electron chi connectivity index (χ4n) is 4.01. The van der Waals surface area contributed by atoms with Gasteiger partial charge in [-0.2, -0.15) is 10.1 Å². The lowest BCUT2D eigenvalue weighted by molar-refractivity contribution is 0.644. The molecular formula is C23H25N7. The van der Waals surface area contributed by atoms with E-state index < -0.39 is 0 Å². The van der Waals surface area contributed by atoms with E-state index in [-0.39, 0.29) is 0 Å². The minimum Gasteiger partial charge on any atom is -0.338 e. The van der Waals surface area contributed by atoms with Crippen LogP contribution in [0.25, 0.3) is 11.0 Å². The Morgan fingerprint density at radius 3 is 2.70 bits per heavy atom. The van der Waals surface area contributed by atoms with Gasteiger partial charge in [0.2, 0.25) is 5.95 Å². The average molecular weight is 400 g/mol. The van der Waals surface area contributed by atoms with Crippen LogP contribution in [-0.2, 0) is 20.0 Å². The SMILES string of the molecule is Cc1cccc(C)c1Nc1nn(C)c2nc(Nc3ccc4c(c3)CNCC4)ncc12. The third-order valence-corrected chi connectivity index (χ3v) is 5.65. The minimum absolute atomic E-state index is 0.563. The standard InChI is InChI=1S/C23H25N7/c1-14-5-4-6-15(2)20(14)27-21-19-13-25-23(28-22(19)30(3)29-21)26-18-8-7-16-9-10-24-12-17(16)11-18/h4-8,11,13,24H,9-10,12H2,1-3H3,(H,27,29)(H,25,26,28). The first-order valence-electron chi connectivity index (χ1n) is 10.2. The molecule has 0 atom stereocenters. The molecule has 0 amide bonds. The monoisotopic (exact) mass is 399 g/mol. The Balaban J connectivity index is 1.45. The molecular weight excluding hydrogens is 374 g/mol. The predicted octanol–water partition coefficient (Wildman–Crippen LogP) is 4.11. The van der Waals surface area contributed by atoms with Crippen LogP contribution in [0.1, 0.15) is 22.3 Å². The zero-order valence-corrected chi connectivity index (χ0v) is 17.5. The van der Waals surface area contributed by atoms with E-state index in [9.17, 15) is 0 Å². The van der Waals surface area contributed by atoms with E-state index in [1.165, 1.54) is 22.3 Å². The van der Waals surface area contributed by atoms with Gasteiger partial charge in [0.25, 0.3) is 0 Å². The van der Waals surface area contributed by atoms with Gasteiger partial charge in [-0.1, -0.05) is 24.3 Å². The molecule has 0 unspecified atom stereocenters. The van der Waals surface area contributed by atoms with E-state index in [4.69, 9.17) is 4.98 Å². The molecule has 0 bridgehead atoms. The summed E-state index contributed by atoms with van der Waals surface area (Å²) in [7, 11) is 1.90. The highest BCUT2D eigenvalue weighted by molar-refractivity contribution is 5.90. The van der Waals surface area contributed by atoms with Gasteiger partial charge >= 0.3 is 0 Å². The van der Waals surface area contributed by atoms with Gasteiger partial charge in [-0.15, -0.1) is 0 Å². The summed E-state index contributed by atoms with van der Waals surface area (Å²) in [6.07, 6.45) is 2.90. The largest absolute Gasteiger partial charge is 0.338 e. The third kappa shape index (κ3) is 3.37. The molecule has 3 N–H and O–H groups in total. The van der Waals surface area contributed by atoms with Crippen LogP contribution in [0.5, 0.6) is 0 Å². The van der Waals surface area contributed by atoms with Crippen LogP contribution in [0.15, 0.2) is 42.6 Å². The molecule has 1 aliphatic rings. The summed E-state index contributed by atoms with van der Waals surface area (Å²) in [5.41, 5.74) is 7.93. The zero-order chi connectivity index (χ0) is 20.7. The molecule has 5 rings (SSSR count). The normalized spacial score (nSPS) is 13.3. The van der Waals surface area contributed by atoms with E-state index in [0.717, 1.165) is 47.7 Å². The number of rotatable bonds is 4. The van der Waals surface area contributed by atoms with Crippen molar-refractivity contribution in [3.63, 3.8) is 0 Å². The van der Waals surface area contributed by atoms with Crippen molar-refractivity contribution in [1.82, 2.24) is 25.1 Å². The highest BCUT2D eigenvalue weighted by Crippen LogP contribution is 2.29. The van der Waals surface area contributed by atoms with Gasteiger partial charge in [0, 0.05) is 31.2 Å². The zero-order valence-electron chi connectivity index (χ0n) is 17.5. The molecule has 4 aromatic rings. The molecule has 7 nitrogen and oxygen atoms in total. The molecule has 0 spiro atoms. The van der Waals surface area contributed by atoms with E-state index in [1.807, 2.05) is 13.2 Å². The molecule has 152 valence electrons. The molecule has 2 aromatic heterocycles. The summed E-state index contributed by atoms with van der Waals surface area (Å²) in [6.45, 7) is 6.12.